The predicted octanol–water partition coefficient (Wildman–Crippen LogP) is 3.49. The molecule has 0 saturated carbocycles. The Morgan fingerprint density at radius 2 is 2.27 bits per heavy atom. The third kappa shape index (κ3) is 1.85. The van der Waals surface area contributed by atoms with Gasteiger partial charge in [-0.15, -0.1) is 11.3 Å². The maximum Gasteiger partial charge on any atom is 0.307 e. The van der Waals surface area contributed by atoms with Crippen LogP contribution in [0, 0.1) is 6.92 Å². The maximum atomic E-state index is 10.7. The second kappa shape index (κ2) is 3.83. The number of benzene rings is 1. The van der Waals surface area contributed by atoms with Gasteiger partial charge in [0.15, 0.2) is 0 Å². The fourth-order valence-corrected chi connectivity index (χ4v) is 2.96. The Bertz CT molecular complexity index is 531. The first kappa shape index (κ1) is 10.5. The van der Waals surface area contributed by atoms with Crippen molar-refractivity contribution in [2.75, 3.05) is 0 Å². The lowest BCUT2D eigenvalue weighted by atomic mass is 10.0. The second-order valence-electron chi connectivity index (χ2n) is 3.40. The highest BCUT2D eigenvalue weighted by Gasteiger charge is 2.11. The molecule has 0 spiro atoms. The first-order valence-corrected chi connectivity index (χ1v) is 5.72. The van der Waals surface area contributed by atoms with Crippen LogP contribution in [0.15, 0.2) is 17.5 Å². The zero-order valence-corrected chi connectivity index (χ0v) is 9.65. The quantitative estimate of drug-likeness (QED) is 0.873. The van der Waals surface area contributed by atoms with Gasteiger partial charge in [0.25, 0.3) is 0 Å². The number of halogens is 1. The standard InChI is InChI=1S/C11H9ClO2S/c1-6-5-15-11-8(12)3-2-7(10(6)11)4-9(13)14/h2-3,5H,4H2,1H3,(H,13,14). The number of carboxylic acid groups (broad SMARTS) is 1. The number of aliphatic carboxylic acids is 1. The largest absolute Gasteiger partial charge is 0.481 e. The van der Waals surface area contributed by atoms with E-state index in [1.165, 1.54) is 0 Å². The molecule has 0 aliphatic rings. The summed E-state index contributed by atoms with van der Waals surface area (Å²) in [5.41, 5.74) is 1.93. The first-order chi connectivity index (χ1) is 7.09. The van der Waals surface area contributed by atoms with Crippen LogP contribution in [-0.2, 0) is 11.2 Å². The van der Waals surface area contributed by atoms with Crippen molar-refractivity contribution in [2.45, 2.75) is 13.3 Å². The Balaban J connectivity index is 2.69. The van der Waals surface area contributed by atoms with E-state index in [-0.39, 0.29) is 6.42 Å². The van der Waals surface area contributed by atoms with Gasteiger partial charge in [-0.25, -0.2) is 0 Å². The molecule has 0 radical (unpaired) electrons. The maximum absolute atomic E-state index is 10.7. The highest BCUT2D eigenvalue weighted by atomic mass is 35.5. The molecular formula is C11H9ClO2S. The van der Waals surface area contributed by atoms with Crippen molar-refractivity contribution < 1.29 is 9.90 Å². The van der Waals surface area contributed by atoms with Gasteiger partial charge in [0.2, 0.25) is 0 Å². The van der Waals surface area contributed by atoms with Gasteiger partial charge in [-0.2, -0.15) is 0 Å². The van der Waals surface area contributed by atoms with Crippen molar-refractivity contribution in [3.8, 4) is 0 Å². The van der Waals surface area contributed by atoms with Crippen LogP contribution in [-0.4, -0.2) is 11.1 Å². The van der Waals surface area contributed by atoms with Crippen LogP contribution in [0.2, 0.25) is 5.02 Å². The number of rotatable bonds is 2. The van der Waals surface area contributed by atoms with E-state index in [1.54, 1.807) is 23.5 Å². The van der Waals surface area contributed by atoms with Crippen molar-refractivity contribution in [2.24, 2.45) is 0 Å². The smallest absolute Gasteiger partial charge is 0.307 e. The van der Waals surface area contributed by atoms with E-state index in [0.717, 1.165) is 21.2 Å². The number of thiophene rings is 1. The number of aryl methyl sites for hydroxylation is 1. The van der Waals surface area contributed by atoms with Crippen molar-refractivity contribution in [3.63, 3.8) is 0 Å². The van der Waals surface area contributed by atoms with E-state index in [1.807, 2.05) is 12.3 Å². The van der Waals surface area contributed by atoms with Crippen molar-refractivity contribution in [1.29, 1.82) is 0 Å². The minimum absolute atomic E-state index is 0.0469. The summed E-state index contributed by atoms with van der Waals surface area (Å²) in [7, 11) is 0. The molecule has 0 aliphatic heterocycles. The van der Waals surface area contributed by atoms with Gasteiger partial charge in [0.1, 0.15) is 0 Å². The molecular weight excluding hydrogens is 232 g/mol. The van der Waals surface area contributed by atoms with E-state index in [9.17, 15) is 4.79 Å². The molecule has 0 unspecified atom stereocenters. The van der Waals surface area contributed by atoms with E-state index < -0.39 is 5.97 Å². The van der Waals surface area contributed by atoms with E-state index in [0.29, 0.717) is 5.02 Å². The van der Waals surface area contributed by atoms with Crippen molar-refractivity contribution in [3.05, 3.63) is 33.7 Å². The van der Waals surface area contributed by atoms with Gasteiger partial charge in [-0.1, -0.05) is 17.7 Å². The average molecular weight is 241 g/mol. The van der Waals surface area contributed by atoms with Crippen molar-refractivity contribution >= 4 is 39.0 Å². The highest BCUT2D eigenvalue weighted by molar-refractivity contribution is 7.18. The fraction of sp³-hybridized carbons (Fsp3) is 0.182. The average Bonchev–Trinajstić information content (AvgIpc) is 2.54. The summed E-state index contributed by atoms with van der Waals surface area (Å²) >= 11 is 7.60. The summed E-state index contributed by atoms with van der Waals surface area (Å²) < 4.78 is 0.980. The minimum Gasteiger partial charge on any atom is -0.481 e. The Labute approximate surface area is 96.1 Å². The molecule has 78 valence electrons. The summed E-state index contributed by atoms with van der Waals surface area (Å²) in [5, 5.41) is 12.5. The summed E-state index contributed by atoms with van der Waals surface area (Å²) in [6.45, 7) is 1.97. The van der Waals surface area contributed by atoms with Crippen LogP contribution in [0.25, 0.3) is 10.1 Å². The summed E-state index contributed by atoms with van der Waals surface area (Å²) in [5.74, 6) is -0.816. The van der Waals surface area contributed by atoms with E-state index >= 15 is 0 Å². The normalized spacial score (nSPS) is 10.8. The number of hydrogen-bond acceptors (Lipinski definition) is 2. The number of hydrogen-bond donors (Lipinski definition) is 1. The summed E-state index contributed by atoms with van der Waals surface area (Å²) in [4.78, 5) is 10.7. The third-order valence-corrected chi connectivity index (χ3v) is 3.84. The second-order valence-corrected chi connectivity index (χ2v) is 4.69. The fourth-order valence-electron chi connectivity index (χ4n) is 1.66. The summed E-state index contributed by atoms with van der Waals surface area (Å²) in [6.07, 6.45) is 0.0469. The van der Waals surface area contributed by atoms with Gasteiger partial charge in [0.05, 0.1) is 16.1 Å². The van der Waals surface area contributed by atoms with Gasteiger partial charge >= 0.3 is 5.97 Å². The molecule has 0 bridgehead atoms. The van der Waals surface area contributed by atoms with Crippen LogP contribution >= 0.6 is 22.9 Å². The zero-order chi connectivity index (χ0) is 11.0. The number of carboxylic acids is 1. The van der Waals surface area contributed by atoms with Crippen LogP contribution in [0.4, 0.5) is 0 Å². The molecule has 1 heterocycles. The third-order valence-electron chi connectivity index (χ3n) is 2.29. The Hall–Kier alpha value is -1.06. The number of carbonyl (C=O) groups is 1. The zero-order valence-electron chi connectivity index (χ0n) is 8.08. The van der Waals surface area contributed by atoms with E-state index in [4.69, 9.17) is 16.7 Å². The van der Waals surface area contributed by atoms with Gasteiger partial charge in [-0.3, -0.25) is 4.79 Å². The molecule has 1 aromatic carbocycles. The van der Waals surface area contributed by atoms with E-state index in [2.05, 4.69) is 0 Å². The van der Waals surface area contributed by atoms with Crippen molar-refractivity contribution in [1.82, 2.24) is 0 Å². The molecule has 0 atom stereocenters. The molecule has 0 fully saturated rings. The highest BCUT2D eigenvalue weighted by Crippen LogP contribution is 2.34. The minimum atomic E-state index is -0.816. The molecule has 2 rings (SSSR count). The molecule has 2 nitrogen and oxygen atoms in total. The van der Waals surface area contributed by atoms with Gasteiger partial charge < -0.3 is 5.11 Å². The number of fused-ring (bicyclic) bond motifs is 1. The van der Waals surface area contributed by atoms with Crippen LogP contribution < -0.4 is 0 Å². The molecule has 1 aromatic heterocycles. The Morgan fingerprint density at radius 3 is 2.93 bits per heavy atom. The molecule has 15 heavy (non-hydrogen) atoms. The molecule has 2 aromatic rings. The van der Waals surface area contributed by atoms with Crippen LogP contribution in [0.3, 0.4) is 0 Å². The summed E-state index contributed by atoms with van der Waals surface area (Å²) in [6, 6.07) is 3.55. The van der Waals surface area contributed by atoms with Gasteiger partial charge in [0, 0.05) is 5.39 Å². The Morgan fingerprint density at radius 1 is 1.53 bits per heavy atom. The molecule has 0 amide bonds. The predicted molar refractivity (Wildman–Crippen MR) is 62.9 cm³/mol. The molecule has 4 heteroatoms. The van der Waals surface area contributed by atoms with Gasteiger partial charge in [-0.05, 0) is 29.5 Å². The monoisotopic (exact) mass is 240 g/mol. The first-order valence-electron chi connectivity index (χ1n) is 4.46. The molecule has 0 saturated heterocycles. The lowest BCUT2D eigenvalue weighted by Crippen LogP contribution is -2.00. The van der Waals surface area contributed by atoms with Crippen LogP contribution in [0.1, 0.15) is 11.1 Å². The molecule has 0 aliphatic carbocycles. The SMILES string of the molecule is Cc1csc2c(Cl)ccc(CC(=O)O)c12. The van der Waals surface area contributed by atoms with Crippen LogP contribution in [0.5, 0.6) is 0 Å². The topological polar surface area (TPSA) is 37.3 Å². The molecule has 1 N–H and O–H groups in total. The Kier molecular flexibility index (Phi) is 2.67. The lowest BCUT2D eigenvalue weighted by Gasteiger charge is -2.02. The lowest BCUT2D eigenvalue weighted by molar-refractivity contribution is -0.136.